The fourth-order valence-corrected chi connectivity index (χ4v) is 4.44. The van der Waals surface area contributed by atoms with Gasteiger partial charge in [-0.15, -0.1) is 0 Å². The summed E-state index contributed by atoms with van der Waals surface area (Å²) in [6, 6.07) is -0.286. The van der Waals surface area contributed by atoms with Crippen LogP contribution in [0.1, 0.15) is 52.4 Å². The first-order valence-corrected chi connectivity index (χ1v) is 10.1. The minimum atomic E-state index is -0.645. The maximum absolute atomic E-state index is 12.6. The van der Waals surface area contributed by atoms with Crippen molar-refractivity contribution in [2.45, 2.75) is 57.9 Å². The normalized spacial score (nSPS) is 23.3. The van der Waals surface area contributed by atoms with Crippen molar-refractivity contribution in [2.24, 2.45) is 5.92 Å². The summed E-state index contributed by atoms with van der Waals surface area (Å²) in [7, 11) is 0. The molecule has 2 aliphatic heterocycles. The van der Waals surface area contributed by atoms with Crippen molar-refractivity contribution >= 4 is 17.8 Å². The van der Waals surface area contributed by atoms with Crippen LogP contribution < -0.4 is 5.32 Å². The molecular weight excluding hydrogens is 332 g/mol. The number of nitrogens with one attached hydrogen (secondary N) is 1. The molecule has 1 spiro atoms. The summed E-state index contributed by atoms with van der Waals surface area (Å²) in [6.07, 6.45) is 4.40. The van der Waals surface area contributed by atoms with Gasteiger partial charge in [-0.05, 0) is 25.2 Å². The average molecular weight is 364 g/mol. The predicted molar refractivity (Wildman–Crippen MR) is 98.5 cm³/mol. The molecule has 7 nitrogen and oxygen atoms in total. The second-order valence-corrected chi connectivity index (χ2v) is 8.35. The molecule has 3 aliphatic rings. The van der Waals surface area contributed by atoms with Crippen LogP contribution in [0.3, 0.4) is 0 Å². The number of urea groups is 1. The molecule has 1 N–H and O–H groups in total. The maximum atomic E-state index is 12.6. The Morgan fingerprint density at radius 2 is 1.77 bits per heavy atom. The number of amides is 4. The minimum absolute atomic E-state index is 0.0882. The second-order valence-electron chi connectivity index (χ2n) is 8.35. The van der Waals surface area contributed by atoms with Crippen LogP contribution in [0.5, 0.6) is 0 Å². The molecule has 1 aliphatic carbocycles. The molecule has 0 unspecified atom stereocenters. The van der Waals surface area contributed by atoms with Crippen molar-refractivity contribution < 1.29 is 14.4 Å². The van der Waals surface area contributed by atoms with Gasteiger partial charge in [0.1, 0.15) is 5.54 Å². The van der Waals surface area contributed by atoms with Crippen LogP contribution in [0.25, 0.3) is 0 Å². The number of hydrogen-bond acceptors (Lipinski definition) is 4. The summed E-state index contributed by atoms with van der Waals surface area (Å²) in [5.41, 5.74) is -0.645. The Bertz CT molecular complexity index is 549. The standard InChI is InChI=1S/C19H32N4O3/c1-15(2)14-21-10-12-22(13-11-21)16(24)6-5-9-23-17(25)19(20-18(23)26)7-3-4-8-19/h15H,3-14H2,1-2H3,(H,20,26). The monoisotopic (exact) mass is 364 g/mol. The van der Waals surface area contributed by atoms with Gasteiger partial charge in [0.2, 0.25) is 5.91 Å². The zero-order valence-electron chi connectivity index (χ0n) is 16.1. The first-order chi connectivity index (χ1) is 12.4. The van der Waals surface area contributed by atoms with E-state index >= 15 is 0 Å². The van der Waals surface area contributed by atoms with Crippen LogP contribution in [0.2, 0.25) is 0 Å². The smallest absolute Gasteiger partial charge is 0.325 e. The summed E-state index contributed by atoms with van der Waals surface area (Å²) in [5, 5.41) is 2.89. The van der Waals surface area contributed by atoms with E-state index in [-0.39, 0.29) is 17.8 Å². The highest BCUT2D eigenvalue weighted by Crippen LogP contribution is 2.35. The van der Waals surface area contributed by atoms with Crippen molar-refractivity contribution in [1.29, 1.82) is 0 Å². The van der Waals surface area contributed by atoms with Gasteiger partial charge in [0, 0.05) is 45.7 Å². The molecule has 2 heterocycles. The lowest BCUT2D eigenvalue weighted by Crippen LogP contribution is -2.49. The van der Waals surface area contributed by atoms with Gasteiger partial charge in [0.25, 0.3) is 5.91 Å². The molecule has 3 rings (SSSR count). The van der Waals surface area contributed by atoms with E-state index in [2.05, 4.69) is 24.1 Å². The van der Waals surface area contributed by atoms with Crippen molar-refractivity contribution in [1.82, 2.24) is 20.0 Å². The Morgan fingerprint density at radius 1 is 1.12 bits per heavy atom. The van der Waals surface area contributed by atoms with Crippen molar-refractivity contribution in [2.75, 3.05) is 39.3 Å². The topological polar surface area (TPSA) is 73.0 Å². The summed E-state index contributed by atoms with van der Waals surface area (Å²) < 4.78 is 0. The van der Waals surface area contributed by atoms with E-state index in [4.69, 9.17) is 0 Å². The van der Waals surface area contributed by atoms with Crippen LogP contribution in [0.4, 0.5) is 4.79 Å². The molecule has 2 saturated heterocycles. The number of carbonyl (C=O) groups is 3. The Hall–Kier alpha value is -1.63. The Balaban J connectivity index is 1.40. The van der Waals surface area contributed by atoms with E-state index in [0.29, 0.717) is 25.3 Å². The molecule has 146 valence electrons. The predicted octanol–water partition coefficient (Wildman–Crippen LogP) is 1.43. The summed E-state index contributed by atoms with van der Waals surface area (Å²) >= 11 is 0. The Labute approximate surface area is 156 Å². The third-order valence-electron chi connectivity index (χ3n) is 5.82. The fraction of sp³-hybridized carbons (Fsp3) is 0.842. The summed E-state index contributed by atoms with van der Waals surface area (Å²) in [6.45, 7) is 9.25. The lowest BCUT2D eigenvalue weighted by Gasteiger charge is -2.35. The van der Waals surface area contributed by atoms with Gasteiger partial charge < -0.3 is 10.2 Å². The highest BCUT2D eigenvalue weighted by atomic mass is 16.2. The van der Waals surface area contributed by atoms with Crippen LogP contribution in [-0.2, 0) is 9.59 Å². The van der Waals surface area contributed by atoms with Crippen LogP contribution in [0.15, 0.2) is 0 Å². The Kier molecular flexibility index (Phi) is 5.85. The van der Waals surface area contributed by atoms with E-state index < -0.39 is 5.54 Å². The first kappa shape index (κ1) is 19.1. The van der Waals surface area contributed by atoms with Gasteiger partial charge in [-0.2, -0.15) is 0 Å². The number of imide groups is 1. The van der Waals surface area contributed by atoms with Crippen molar-refractivity contribution in [3.63, 3.8) is 0 Å². The molecule has 3 fully saturated rings. The molecule has 26 heavy (non-hydrogen) atoms. The van der Waals surface area contributed by atoms with Crippen LogP contribution >= 0.6 is 0 Å². The lowest BCUT2D eigenvalue weighted by molar-refractivity contribution is -0.134. The lowest BCUT2D eigenvalue weighted by atomic mass is 9.98. The zero-order valence-corrected chi connectivity index (χ0v) is 16.1. The third kappa shape index (κ3) is 4.03. The summed E-state index contributed by atoms with van der Waals surface area (Å²) in [4.78, 5) is 42.8. The fourth-order valence-electron chi connectivity index (χ4n) is 4.44. The van der Waals surface area contributed by atoms with Gasteiger partial charge in [-0.25, -0.2) is 4.79 Å². The molecule has 7 heteroatoms. The second kappa shape index (κ2) is 7.94. The van der Waals surface area contributed by atoms with Crippen molar-refractivity contribution in [3.8, 4) is 0 Å². The number of carbonyl (C=O) groups excluding carboxylic acids is 3. The third-order valence-corrected chi connectivity index (χ3v) is 5.82. The quantitative estimate of drug-likeness (QED) is 0.724. The molecular formula is C19H32N4O3. The Morgan fingerprint density at radius 3 is 2.38 bits per heavy atom. The SMILES string of the molecule is CC(C)CN1CCN(C(=O)CCCN2C(=O)NC3(CCCC3)C2=O)CC1. The van der Waals surface area contributed by atoms with E-state index in [1.807, 2.05) is 4.90 Å². The van der Waals surface area contributed by atoms with Gasteiger partial charge in [-0.1, -0.05) is 26.7 Å². The molecule has 0 radical (unpaired) electrons. The average Bonchev–Trinajstić information content (AvgIpc) is 3.15. The van der Waals surface area contributed by atoms with Gasteiger partial charge in [-0.3, -0.25) is 19.4 Å². The molecule has 1 saturated carbocycles. The largest absolute Gasteiger partial charge is 0.340 e. The highest BCUT2D eigenvalue weighted by Gasteiger charge is 2.52. The van der Waals surface area contributed by atoms with E-state index in [1.165, 1.54) is 4.90 Å². The van der Waals surface area contributed by atoms with Gasteiger partial charge in [0.05, 0.1) is 0 Å². The van der Waals surface area contributed by atoms with Crippen LogP contribution in [-0.4, -0.2) is 77.4 Å². The molecule has 0 aromatic carbocycles. The highest BCUT2D eigenvalue weighted by molar-refractivity contribution is 6.07. The molecule has 0 bridgehead atoms. The maximum Gasteiger partial charge on any atom is 0.325 e. The number of rotatable bonds is 6. The summed E-state index contributed by atoms with van der Waals surface area (Å²) in [5.74, 6) is 0.691. The van der Waals surface area contributed by atoms with Gasteiger partial charge in [0.15, 0.2) is 0 Å². The number of nitrogens with zero attached hydrogens (tertiary/aromatic N) is 3. The zero-order chi connectivity index (χ0) is 18.7. The van der Waals surface area contributed by atoms with Crippen molar-refractivity contribution in [3.05, 3.63) is 0 Å². The molecule has 0 aromatic rings. The molecule has 0 atom stereocenters. The van der Waals surface area contributed by atoms with E-state index in [0.717, 1.165) is 58.4 Å². The first-order valence-electron chi connectivity index (χ1n) is 10.1. The minimum Gasteiger partial charge on any atom is -0.340 e. The number of piperazine rings is 1. The van der Waals surface area contributed by atoms with E-state index in [1.54, 1.807) is 0 Å². The van der Waals surface area contributed by atoms with E-state index in [9.17, 15) is 14.4 Å². The van der Waals surface area contributed by atoms with Gasteiger partial charge >= 0.3 is 6.03 Å². The van der Waals surface area contributed by atoms with Crippen LogP contribution in [0, 0.1) is 5.92 Å². The molecule has 4 amide bonds. The number of hydrogen-bond donors (Lipinski definition) is 1. The molecule has 0 aromatic heterocycles.